The van der Waals surface area contributed by atoms with Crippen LogP contribution < -0.4 is 10.6 Å². The molecule has 3 aromatic rings. The second kappa shape index (κ2) is 11.1. The highest BCUT2D eigenvalue weighted by molar-refractivity contribution is 8.00. The number of aromatic carboxylic acids is 1. The van der Waals surface area contributed by atoms with E-state index in [0.29, 0.717) is 17.8 Å². The molecule has 0 bridgehead atoms. The van der Waals surface area contributed by atoms with Crippen LogP contribution in [0, 0.1) is 10.1 Å². The van der Waals surface area contributed by atoms with E-state index in [0.717, 1.165) is 4.90 Å². The minimum absolute atomic E-state index is 0.0787. The molecule has 0 aliphatic heterocycles. The predicted octanol–water partition coefficient (Wildman–Crippen LogP) is 5.05. The highest BCUT2D eigenvalue weighted by Crippen LogP contribution is 2.29. The van der Waals surface area contributed by atoms with Crippen molar-refractivity contribution in [1.82, 2.24) is 0 Å². The third kappa shape index (κ3) is 6.42. The van der Waals surface area contributed by atoms with Gasteiger partial charge in [0.1, 0.15) is 0 Å². The lowest BCUT2D eigenvalue weighted by atomic mass is 10.2. The molecule has 0 fully saturated rings. The van der Waals surface area contributed by atoms with Crippen LogP contribution in [0.1, 0.15) is 34.1 Å². The van der Waals surface area contributed by atoms with E-state index in [1.807, 2.05) is 13.0 Å². The van der Waals surface area contributed by atoms with E-state index in [2.05, 4.69) is 10.6 Å². The maximum atomic E-state index is 12.8. The summed E-state index contributed by atoms with van der Waals surface area (Å²) in [5.41, 5.74) is 1.16. The Balaban J connectivity index is 1.66. The average Bonchev–Trinajstić information content (AvgIpc) is 2.82. The minimum Gasteiger partial charge on any atom is -0.478 e. The molecule has 0 spiro atoms. The summed E-state index contributed by atoms with van der Waals surface area (Å²) in [6, 6.07) is 18.3. The van der Waals surface area contributed by atoms with Crippen molar-refractivity contribution < 1.29 is 24.4 Å². The first-order valence-corrected chi connectivity index (χ1v) is 11.1. The number of carboxylic acids is 1. The number of nitro benzene ring substituents is 1. The van der Waals surface area contributed by atoms with E-state index in [1.165, 1.54) is 48.2 Å². The molecule has 0 aliphatic rings. The Labute approximate surface area is 199 Å². The summed E-state index contributed by atoms with van der Waals surface area (Å²) in [7, 11) is 0. The van der Waals surface area contributed by atoms with Crippen LogP contribution >= 0.6 is 11.8 Å². The lowest BCUT2D eigenvalue weighted by Crippen LogP contribution is -2.24. The number of anilines is 2. The zero-order chi connectivity index (χ0) is 24.7. The first-order chi connectivity index (χ1) is 16.3. The van der Waals surface area contributed by atoms with E-state index in [1.54, 1.807) is 30.3 Å². The van der Waals surface area contributed by atoms with E-state index >= 15 is 0 Å². The van der Waals surface area contributed by atoms with Crippen LogP contribution in [-0.4, -0.2) is 33.1 Å². The van der Waals surface area contributed by atoms with Crippen LogP contribution in [-0.2, 0) is 4.79 Å². The van der Waals surface area contributed by atoms with Gasteiger partial charge in [0.15, 0.2) is 0 Å². The Hall–Kier alpha value is -4.18. The molecule has 0 heterocycles. The number of nitrogens with zero attached hydrogens (tertiary/aromatic N) is 1. The van der Waals surface area contributed by atoms with E-state index in [9.17, 15) is 24.5 Å². The number of thioether (sulfide) groups is 1. The zero-order valence-corrected chi connectivity index (χ0v) is 18.9. The van der Waals surface area contributed by atoms with Gasteiger partial charge in [-0.2, -0.15) is 0 Å². The Bertz CT molecular complexity index is 1230. The van der Waals surface area contributed by atoms with Gasteiger partial charge in [-0.1, -0.05) is 19.1 Å². The number of non-ortho nitro benzene ring substituents is 1. The van der Waals surface area contributed by atoms with Crippen LogP contribution in [0.15, 0.2) is 77.7 Å². The molecular weight excluding hydrogens is 458 g/mol. The Morgan fingerprint density at radius 3 is 2.21 bits per heavy atom. The van der Waals surface area contributed by atoms with Crippen molar-refractivity contribution >= 4 is 46.6 Å². The number of rotatable bonds is 9. The fourth-order valence-electron chi connectivity index (χ4n) is 3.02. The number of carbonyl (C=O) groups is 3. The van der Waals surface area contributed by atoms with Crippen molar-refractivity contribution in [3.8, 4) is 0 Å². The molecule has 10 heteroatoms. The highest BCUT2D eigenvalue weighted by Gasteiger charge is 2.19. The summed E-state index contributed by atoms with van der Waals surface area (Å²) < 4.78 is 0. The molecular formula is C24H21N3O6S. The maximum absolute atomic E-state index is 12.8. The summed E-state index contributed by atoms with van der Waals surface area (Å²) >= 11 is 1.31. The predicted molar refractivity (Wildman–Crippen MR) is 129 cm³/mol. The molecule has 3 rings (SSSR count). The van der Waals surface area contributed by atoms with Crippen molar-refractivity contribution in [1.29, 1.82) is 0 Å². The Morgan fingerprint density at radius 1 is 0.941 bits per heavy atom. The number of nitrogens with one attached hydrogen (secondary N) is 2. The monoisotopic (exact) mass is 479 g/mol. The second-order valence-electron chi connectivity index (χ2n) is 7.18. The molecule has 3 N–H and O–H groups in total. The molecule has 0 aliphatic carbocycles. The van der Waals surface area contributed by atoms with Crippen molar-refractivity contribution in [2.75, 3.05) is 10.6 Å². The number of carbonyl (C=O) groups excluding carboxylic acids is 2. The second-order valence-corrected chi connectivity index (χ2v) is 8.45. The number of hydrogen-bond acceptors (Lipinski definition) is 6. The van der Waals surface area contributed by atoms with Gasteiger partial charge in [0.25, 0.3) is 11.6 Å². The first-order valence-electron chi connectivity index (χ1n) is 10.2. The highest BCUT2D eigenvalue weighted by atomic mass is 32.2. The summed E-state index contributed by atoms with van der Waals surface area (Å²) in [5.74, 6) is -1.76. The van der Waals surface area contributed by atoms with Gasteiger partial charge in [0.05, 0.1) is 15.7 Å². The van der Waals surface area contributed by atoms with Gasteiger partial charge in [-0.15, -0.1) is 11.8 Å². The van der Waals surface area contributed by atoms with Gasteiger partial charge in [-0.05, 0) is 55.0 Å². The average molecular weight is 480 g/mol. The van der Waals surface area contributed by atoms with Crippen molar-refractivity contribution in [3.05, 3.63) is 94.0 Å². The van der Waals surface area contributed by atoms with Crippen molar-refractivity contribution in [2.24, 2.45) is 0 Å². The van der Waals surface area contributed by atoms with E-state index in [-0.39, 0.29) is 22.7 Å². The Morgan fingerprint density at radius 2 is 1.59 bits per heavy atom. The molecule has 0 radical (unpaired) electrons. The van der Waals surface area contributed by atoms with Gasteiger partial charge in [0, 0.05) is 34.0 Å². The largest absolute Gasteiger partial charge is 0.478 e. The van der Waals surface area contributed by atoms with Crippen molar-refractivity contribution in [2.45, 2.75) is 23.5 Å². The third-order valence-corrected chi connectivity index (χ3v) is 6.11. The molecule has 0 saturated carbocycles. The van der Waals surface area contributed by atoms with Gasteiger partial charge in [-0.3, -0.25) is 19.7 Å². The summed E-state index contributed by atoms with van der Waals surface area (Å²) in [5, 5.41) is 24.9. The standard InChI is InChI=1S/C24H21N3O6S/c1-2-21(23(29)26-17-6-3-5-16(13-17)24(30)31)34-20-8-4-7-18(14-20)25-22(28)15-9-11-19(12-10-15)27(32)33/h3-14,21H,2H2,1H3,(H,25,28)(H,26,29)(H,30,31). The normalized spacial score (nSPS) is 11.3. The van der Waals surface area contributed by atoms with E-state index in [4.69, 9.17) is 5.11 Å². The van der Waals surface area contributed by atoms with Crippen LogP contribution in [0.2, 0.25) is 0 Å². The smallest absolute Gasteiger partial charge is 0.335 e. The number of hydrogen-bond donors (Lipinski definition) is 3. The fraction of sp³-hybridized carbons (Fsp3) is 0.125. The number of carboxylic acid groups (broad SMARTS) is 1. The van der Waals surface area contributed by atoms with Crippen LogP contribution in [0.4, 0.5) is 17.1 Å². The SMILES string of the molecule is CCC(Sc1cccc(NC(=O)c2ccc([N+](=O)[O-])cc2)c1)C(=O)Nc1cccc(C(=O)O)c1. The number of amides is 2. The summed E-state index contributed by atoms with van der Waals surface area (Å²) in [4.78, 5) is 47.4. The van der Waals surface area contributed by atoms with Gasteiger partial charge < -0.3 is 15.7 Å². The maximum Gasteiger partial charge on any atom is 0.335 e. The van der Waals surface area contributed by atoms with Crippen LogP contribution in [0.3, 0.4) is 0 Å². The molecule has 1 unspecified atom stereocenters. The van der Waals surface area contributed by atoms with Crippen LogP contribution in [0.5, 0.6) is 0 Å². The van der Waals surface area contributed by atoms with Crippen molar-refractivity contribution in [3.63, 3.8) is 0 Å². The Kier molecular flexibility index (Phi) is 7.99. The van der Waals surface area contributed by atoms with Gasteiger partial charge in [-0.25, -0.2) is 4.79 Å². The lowest BCUT2D eigenvalue weighted by Gasteiger charge is -2.16. The molecule has 2 amide bonds. The third-order valence-electron chi connectivity index (χ3n) is 4.75. The molecule has 3 aromatic carbocycles. The molecule has 0 aromatic heterocycles. The quantitative estimate of drug-likeness (QED) is 0.222. The fourth-order valence-corrected chi connectivity index (χ4v) is 4.04. The molecule has 34 heavy (non-hydrogen) atoms. The van der Waals surface area contributed by atoms with Gasteiger partial charge >= 0.3 is 5.97 Å². The lowest BCUT2D eigenvalue weighted by molar-refractivity contribution is -0.384. The zero-order valence-electron chi connectivity index (χ0n) is 18.1. The topological polar surface area (TPSA) is 139 Å². The first kappa shape index (κ1) is 24.5. The molecule has 1 atom stereocenters. The van der Waals surface area contributed by atoms with E-state index < -0.39 is 22.0 Å². The summed E-state index contributed by atoms with van der Waals surface area (Å²) in [6.07, 6.45) is 0.522. The minimum atomic E-state index is -1.08. The number of benzene rings is 3. The van der Waals surface area contributed by atoms with Gasteiger partial charge in [0.2, 0.25) is 5.91 Å². The summed E-state index contributed by atoms with van der Waals surface area (Å²) in [6.45, 7) is 1.87. The molecule has 9 nitrogen and oxygen atoms in total. The molecule has 174 valence electrons. The number of nitro groups is 1. The molecule has 0 saturated heterocycles. The van der Waals surface area contributed by atoms with Crippen LogP contribution in [0.25, 0.3) is 0 Å².